The molecule has 0 aliphatic heterocycles. The number of benzene rings is 2. The molecule has 160 valence electrons. The number of rotatable bonds is 9. The van der Waals surface area contributed by atoms with Crippen molar-refractivity contribution in [3.05, 3.63) is 77.1 Å². The predicted molar refractivity (Wildman–Crippen MR) is 125 cm³/mol. The second-order valence-electron chi connectivity index (χ2n) is 6.32. The maximum atomic E-state index is 12.4. The van der Waals surface area contributed by atoms with Gasteiger partial charge in [-0.1, -0.05) is 65.3 Å². The van der Waals surface area contributed by atoms with E-state index < -0.39 is 0 Å². The van der Waals surface area contributed by atoms with Crippen molar-refractivity contribution in [2.24, 2.45) is 0 Å². The van der Waals surface area contributed by atoms with Crippen LogP contribution in [0.2, 0.25) is 10.0 Å². The number of carbonyl (C=O) groups is 2. The number of nitrogens with zero attached hydrogens (tertiary/aromatic N) is 3. The first-order valence-electron chi connectivity index (χ1n) is 9.22. The van der Waals surface area contributed by atoms with E-state index in [0.29, 0.717) is 38.9 Å². The number of anilines is 2. The second-order valence-corrected chi connectivity index (χ2v) is 8.08. The molecule has 0 bridgehead atoms. The monoisotopic (exact) mass is 475 g/mol. The zero-order valence-electron chi connectivity index (χ0n) is 16.3. The molecule has 0 atom stereocenters. The maximum Gasteiger partial charge on any atom is 0.234 e. The number of nitrogens with one attached hydrogen (secondary N) is 2. The van der Waals surface area contributed by atoms with E-state index in [2.05, 4.69) is 27.4 Å². The third-order valence-electron chi connectivity index (χ3n) is 4.05. The molecule has 2 N–H and O–H groups in total. The normalized spacial score (nSPS) is 10.5. The molecule has 1 aromatic heterocycles. The molecule has 3 aromatic rings. The molecule has 2 amide bonds. The molecule has 7 nitrogen and oxygen atoms in total. The molecular weight excluding hydrogens is 457 g/mol. The minimum atomic E-state index is -0.279. The first-order chi connectivity index (χ1) is 15.0. The summed E-state index contributed by atoms with van der Waals surface area (Å²) >= 11 is 13.4. The lowest BCUT2D eigenvalue weighted by Crippen LogP contribution is -2.18. The Balaban J connectivity index is 1.63. The smallest absolute Gasteiger partial charge is 0.234 e. The van der Waals surface area contributed by atoms with Crippen molar-refractivity contribution < 1.29 is 9.59 Å². The predicted octanol–water partition coefficient (Wildman–Crippen LogP) is 4.68. The number of carbonyl (C=O) groups excluding carboxylic acids is 2. The summed E-state index contributed by atoms with van der Waals surface area (Å²) in [7, 11) is 0. The number of hydrogen-bond donors (Lipinski definition) is 2. The van der Waals surface area contributed by atoms with Gasteiger partial charge in [0.05, 0.1) is 33.6 Å². The van der Waals surface area contributed by atoms with E-state index in [9.17, 15) is 9.59 Å². The van der Waals surface area contributed by atoms with E-state index in [4.69, 9.17) is 23.2 Å². The van der Waals surface area contributed by atoms with Gasteiger partial charge < -0.3 is 15.2 Å². The standard InChI is InChI=1S/C21H19Cl2N5O2S/c1-2-11-28-18(12-19(29)24-16-9-5-3-7-14(16)22)26-27-21(28)31-13-20(30)25-17-10-6-4-8-15(17)23/h2-10H,1,11-13H2,(H,24,29)(H,25,30). The summed E-state index contributed by atoms with van der Waals surface area (Å²) in [5.41, 5.74) is 1.06. The number of hydrogen-bond acceptors (Lipinski definition) is 5. The largest absolute Gasteiger partial charge is 0.324 e. The van der Waals surface area contributed by atoms with Crippen LogP contribution in [-0.4, -0.2) is 32.3 Å². The summed E-state index contributed by atoms with van der Waals surface area (Å²) in [5.74, 6) is 0.0494. The van der Waals surface area contributed by atoms with E-state index >= 15 is 0 Å². The highest BCUT2D eigenvalue weighted by atomic mass is 35.5. The van der Waals surface area contributed by atoms with Gasteiger partial charge in [-0.15, -0.1) is 16.8 Å². The quantitative estimate of drug-likeness (QED) is 0.346. The van der Waals surface area contributed by atoms with Crippen LogP contribution in [0.3, 0.4) is 0 Å². The Morgan fingerprint density at radius 3 is 2.13 bits per heavy atom. The average Bonchev–Trinajstić information content (AvgIpc) is 3.11. The van der Waals surface area contributed by atoms with Crippen LogP contribution in [0.25, 0.3) is 0 Å². The second kappa shape index (κ2) is 11.0. The molecule has 10 heteroatoms. The molecule has 0 saturated heterocycles. The third-order valence-corrected chi connectivity index (χ3v) is 5.68. The van der Waals surface area contributed by atoms with Gasteiger partial charge in [0.25, 0.3) is 0 Å². The summed E-state index contributed by atoms with van der Waals surface area (Å²) in [6.07, 6.45) is 1.67. The molecule has 0 saturated carbocycles. The number of halogens is 2. The lowest BCUT2D eigenvalue weighted by Gasteiger charge is -2.09. The van der Waals surface area contributed by atoms with Gasteiger partial charge in [-0.05, 0) is 24.3 Å². The van der Waals surface area contributed by atoms with Crippen molar-refractivity contribution in [2.45, 2.75) is 18.1 Å². The molecular formula is C21H19Cl2N5O2S. The minimum absolute atomic E-state index is 0.00154. The van der Waals surface area contributed by atoms with E-state index in [1.165, 1.54) is 11.8 Å². The lowest BCUT2D eigenvalue weighted by atomic mass is 10.3. The van der Waals surface area contributed by atoms with Crippen molar-refractivity contribution in [1.82, 2.24) is 14.8 Å². The van der Waals surface area contributed by atoms with E-state index in [1.807, 2.05) is 0 Å². The Bertz CT molecular complexity index is 1100. The Morgan fingerprint density at radius 2 is 1.55 bits per heavy atom. The van der Waals surface area contributed by atoms with E-state index in [0.717, 1.165) is 0 Å². The van der Waals surface area contributed by atoms with Crippen LogP contribution >= 0.6 is 35.0 Å². The zero-order valence-corrected chi connectivity index (χ0v) is 18.7. The van der Waals surface area contributed by atoms with Gasteiger partial charge in [-0.2, -0.15) is 0 Å². The van der Waals surface area contributed by atoms with Crippen LogP contribution in [0.4, 0.5) is 11.4 Å². The Labute approximate surface area is 193 Å². The van der Waals surface area contributed by atoms with Crippen molar-refractivity contribution in [3.8, 4) is 0 Å². The number of aromatic nitrogens is 3. The van der Waals surface area contributed by atoms with Gasteiger partial charge >= 0.3 is 0 Å². The number of thioether (sulfide) groups is 1. The molecule has 0 spiro atoms. The van der Waals surface area contributed by atoms with Crippen LogP contribution in [0.1, 0.15) is 5.82 Å². The van der Waals surface area contributed by atoms with Gasteiger partial charge in [-0.25, -0.2) is 0 Å². The van der Waals surface area contributed by atoms with E-state index in [1.54, 1.807) is 59.2 Å². The van der Waals surface area contributed by atoms with Crippen molar-refractivity contribution in [3.63, 3.8) is 0 Å². The molecule has 31 heavy (non-hydrogen) atoms. The van der Waals surface area contributed by atoms with Crippen LogP contribution in [0, 0.1) is 0 Å². The van der Waals surface area contributed by atoms with Crippen molar-refractivity contribution in [1.29, 1.82) is 0 Å². The first kappa shape index (κ1) is 22.9. The molecule has 1 heterocycles. The molecule has 0 aliphatic carbocycles. The average molecular weight is 476 g/mol. The molecule has 0 aliphatic rings. The Kier molecular flexibility index (Phi) is 8.11. The molecule has 2 aromatic carbocycles. The molecule has 0 fully saturated rings. The van der Waals surface area contributed by atoms with Gasteiger partial charge in [0, 0.05) is 6.54 Å². The number of para-hydroxylation sites is 2. The van der Waals surface area contributed by atoms with Gasteiger partial charge in [0.2, 0.25) is 11.8 Å². The summed E-state index contributed by atoms with van der Waals surface area (Å²) in [4.78, 5) is 24.7. The summed E-state index contributed by atoms with van der Waals surface area (Å²) in [6.45, 7) is 4.14. The van der Waals surface area contributed by atoms with Crippen LogP contribution < -0.4 is 10.6 Å². The third kappa shape index (κ3) is 6.33. The highest BCUT2D eigenvalue weighted by Gasteiger charge is 2.17. The molecule has 3 rings (SSSR count). The SMILES string of the molecule is C=CCn1c(CC(=O)Nc2ccccc2Cl)nnc1SCC(=O)Nc1ccccc1Cl. The fourth-order valence-corrected chi connectivity index (χ4v) is 3.78. The fourth-order valence-electron chi connectivity index (χ4n) is 2.65. The summed E-state index contributed by atoms with van der Waals surface area (Å²) < 4.78 is 1.74. The Morgan fingerprint density at radius 1 is 0.968 bits per heavy atom. The van der Waals surface area contributed by atoms with Gasteiger partial charge in [-0.3, -0.25) is 9.59 Å². The lowest BCUT2D eigenvalue weighted by molar-refractivity contribution is -0.116. The Hall–Kier alpha value is -2.81. The van der Waals surface area contributed by atoms with Gasteiger partial charge in [0.15, 0.2) is 5.16 Å². The van der Waals surface area contributed by atoms with Crippen molar-refractivity contribution in [2.75, 3.05) is 16.4 Å². The highest BCUT2D eigenvalue weighted by molar-refractivity contribution is 7.99. The van der Waals surface area contributed by atoms with Crippen LogP contribution in [-0.2, 0) is 22.6 Å². The summed E-state index contributed by atoms with van der Waals surface area (Å²) in [6, 6.07) is 14.0. The molecule has 0 radical (unpaired) electrons. The van der Waals surface area contributed by atoms with Crippen LogP contribution in [0.5, 0.6) is 0 Å². The minimum Gasteiger partial charge on any atom is -0.324 e. The highest BCUT2D eigenvalue weighted by Crippen LogP contribution is 2.23. The summed E-state index contributed by atoms with van der Waals surface area (Å²) in [5, 5.41) is 15.2. The number of allylic oxidation sites excluding steroid dienone is 1. The van der Waals surface area contributed by atoms with E-state index in [-0.39, 0.29) is 24.0 Å². The topological polar surface area (TPSA) is 88.9 Å². The zero-order chi connectivity index (χ0) is 22.2. The van der Waals surface area contributed by atoms with Crippen molar-refractivity contribution >= 4 is 58.2 Å². The molecule has 0 unspecified atom stereocenters. The number of amides is 2. The maximum absolute atomic E-state index is 12.4. The van der Waals surface area contributed by atoms with Gasteiger partial charge in [0.1, 0.15) is 5.82 Å². The first-order valence-corrected chi connectivity index (χ1v) is 11.0. The van der Waals surface area contributed by atoms with Crippen LogP contribution in [0.15, 0.2) is 66.3 Å². The fraction of sp³-hybridized carbons (Fsp3) is 0.143.